The molecule has 4 aromatic heterocycles. The second-order valence-electron chi connectivity index (χ2n) is 34.1. The molecule has 0 amide bonds. The van der Waals surface area contributed by atoms with Crippen molar-refractivity contribution >= 4 is 97.9 Å². The fourth-order valence-corrected chi connectivity index (χ4v) is 16.5. The van der Waals surface area contributed by atoms with Gasteiger partial charge in [0.1, 0.15) is 29.0 Å². The Hall–Kier alpha value is -20.5. The molecule has 2 N–H and O–H groups in total. The Bertz CT molecular complexity index is 9190. The van der Waals surface area contributed by atoms with Crippen LogP contribution in [-0.4, -0.2) is 81.8 Å². The van der Waals surface area contributed by atoms with Crippen LogP contribution >= 0.6 is 0 Å². The number of ether oxygens (including phenoxy) is 4. The van der Waals surface area contributed by atoms with Crippen LogP contribution in [-0.2, 0) is 0 Å². The van der Waals surface area contributed by atoms with Crippen molar-refractivity contribution in [2.75, 3.05) is 28.4 Å². The lowest BCUT2D eigenvalue weighted by Gasteiger charge is -2.14. The first-order valence-electron chi connectivity index (χ1n) is 47.4. The Kier molecular flexibility index (Phi) is 31.5. The first-order valence-corrected chi connectivity index (χ1v) is 47.4. The zero-order valence-corrected chi connectivity index (χ0v) is 82.3. The number of para-hydroxylation sites is 4. The van der Waals surface area contributed by atoms with E-state index in [0.29, 0.717) is 95.4 Å². The third kappa shape index (κ3) is 24.1. The van der Waals surface area contributed by atoms with E-state index < -0.39 is 16.4 Å². The van der Waals surface area contributed by atoms with Gasteiger partial charge >= 0.3 is 5.69 Å². The second-order valence-corrected chi connectivity index (χ2v) is 34.1. The molecule has 0 aliphatic heterocycles. The second kappa shape index (κ2) is 46.9. The molecule has 4 heterocycles. The molecule has 21 nitrogen and oxygen atoms in total. The van der Waals surface area contributed by atoms with Crippen LogP contribution in [0.15, 0.2) is 389 Å². The molecular weight excluding hydrogens is 1860 g/mol. The summed E-state index contributed by atoms with van der Waals surface area (Å²) in [6.07, 6.45) is 14.5. The number of benzene rings is 16. The quantitative estimate of drug-likeness (QED) is 0.0488. The van der Waals surface area contributed by atoms with Crippen molar-refractivity contribution < 1.29 is 34.1 Å². The fraction of sp³-hybridized carbons (Fsp3) is 0.0625. The number of fused-ring (bicyclic) bond motifs is 4. The van der Waals surface area contributed by atoms with Crippen LogP contribution in [0, 0.1) is 85.2 Å². The van der Waals surface area contributed by atoms with Gasteiger partial charge in [0.2, 0.25) is 0 Å². The minimum absolute atomic E-state index is 0.0615. The van der Waals surface area contributed by atoms with E-state index in [2.05, 4.69) is 47.4 Å². The molecular formula is C128H95N9O12. The van der Waals surface area contributed by atoms with Crippen LogP contribution in [0.4, 0.5) is 5.69 Å². The van der Waals surface area contributed by atoms with E-state index in [1.54, 1.807) is 114 Å². The summed E-state index contributed by atoms with van der Waals surface area (Å²) in [4.78, 5) is 84.4. The molecule has 20 rings (SSSR count). The van der Waals surface area contributed by atoms with Gasteiger partial charge in [-0.2, -0.15) is 0 Å². The summed E-state index contributed by atoms with van der Waals surface area (Å²) >= 11 is 0. The third-order valence-corrected chi connectivity index (χ3v) is 24.1. The minimum atomic E-state index is -0.650. The predicted octanol–water partition coefficient (Wildman–Crippen LogP) is 24.4. The highest BCUT2D eigenvalue weighted by Gasteiger charge is 2.21. The topological polar surface area (TPSA) is 260 Å². The zero-order valence-electron chi connectivity index (χ0n) is 82.3. The number of rotatable bonds is 17. The molecule has 149 heavy (non-hydrogen) atoms. The molecule has 724 valence electrons. The number of nitro benzene ring substituents is 1. The van der Waals surface area contributed by atoms with Crippen LogP contribution in [0.2, 0.25) is 0 Å². The summed E-state index contributed by atoms with van der Waals surface area (Å²) in [6, 6.07) is 114. The fourth-order valence-electron chi connectivity index (χ4n) is 16.5. The van der Waals surface area contributed by atoms with Gasteiger partial charge in [-0.3, -0.25) is 47.6 Å². The van der Waals surface area contributed by atoms with Gasteiger partial charge in [0, 0.05) is 50.6 Å². The van der Waals surface area contributed by atoms with Crippen LogP contribution in [0.1, 0.15) is 112 Å². The lowest BCUT2D eigenvalue weighted by molar-refractivity contribution is -0.385. The number of hydrogen-bond acceptors (Lipinski definition) is 16. The minimum Gasteiger partial charge on any atom is -0.504 e. The number of nitrogens with zero attached hydrogens (tertiary/aromatic N) is 9. The van der Waals surface area contributed by atoms with Gasteiger partial charge in [-0.05, 0) is 309 Å². The first-order chi connectivity index (χ1) is 72.6. The average molecular weight is 1950 g/mol. The molecule has 0 spiro atoms. The molecule has 0 aliphatic carbocycles. The van der Waals surface area contributed by atoms with E-state index in [-0.39, 0.29) is 28.0 Å². The normalized spacial score (nSPS) is 10.8. The lowest BCUT2D eigenvalue weighted by Crippen LogP contribution is -2.23. The molecule has 21 heteroatoms. The highest BCUT2D eigenvalue weighted by Crippen LogP contribution is 2.33. The molecule has 0 aliphatic rings. The van der Waals surface area contributed by atoms with E-state index in [1.165, 1.54) is 23.8 Å². The number of aryl methyl sites for hydroxylation is 4. The van der Waals surface area contributed by atoms with Crippen molar-refractivity contribution in [3.8, 4) is 105 Å². The largest absolute Gasteiger partial charge is 0.504 e. The van der Waals surface area contributed by atoms with Crippen molar-refractivity contribution in [1.29, 1.82) is 0 Å². The van der Waals surface area contributed by atoms with Crippen LogP contribution < -0.4 is 41.2 Å². The maximum atomic E-state index is 13.7. The van der Waals surface area contributed by atoms with E-state index in [0.717, 1.165) is 106 Å². The molecule has 16 aromatic carbocycles. The van der Waals surface area contributed by atoms with Gasteiger partial charge in [-0.1, -0.05) is 223 Å². The molecule has 0 saturated heterocycles. The molecule has 0 fully saturated rings. The van der Waals surface area contributed by atoms with Crippen molar-refractivity contribution in [3.63, 3.8) is 0 Å². The first kappa shape index (κ1) is 100. The summed E-state index contributed by atoms with van der Waals surface area (Å²) in [7, 11) is 6.35. The average Bonchev–Trinajstić information content (AvgIpc) is 0.776. The monoisotopic (exact) mass is 1950 g/mol. The van der Waals surface area contributed by atoms with Crippen LogP contribution in [0.25, 0.3) is 115 Å². The highest BCUT2D eigenvalue weighted by atomic mass is 16.6. The van der Waals surface area contributed by atoms with Crippen LogP contribution in [0.5, 0.6) is 34.5 Å². The standard InChI is InChI=1S/C33H26N2O3.C32H24N2O3.C32H24N2O2.C31H21N3O4/c1-23-21-25(14-13-24-9-5-4-6-10-24)15-18-29(23)35-32(34-28-12-8-7-11-27(28)33(35)36)20-17-26-16-19-30(37-2)31(22-26)38-3;1-22-20-24(13-12-23-8-4-3-5-9-23)14-17-28(22)34-31(33-27-11-7-6-10-26(27)32(34)36)19-16-25-15-18-29(35)30(21-25)37-2;1-23-22-26(13-12-24-8-4-3-5-9-24)16-20-30(23)34-31(21-17-25-14-18-27(36-2)19-15-25)33-29-11-7-6-10-28(29)32(34)35;1-21-19-23(12-11-22-7-3-2-4-8-22)13-16-27(21)33-30(32-26-10-6-5-9-25(26)31(33)36)18-15-24-14-17-29(35)28(20-24)34(37)38/h4-12,15-22H,1-3H3;3-11,14-21,35H,1-2H3;3-11,14-22H,1-2H3;2-10,13-20,35H,1H3/b20-17+;19-16+;21-17+;18-15+. The summed E-state index contributed by atoms with van der Waals surface area (Å²) in [5.74, 6) is 29.5. The Morgan fingerprint density at radius 2 is 0.523 bits per heavy atom. The van der Waals surface area contributed by atoms with Gasteiger partial charge in [0.15, 0.2) is 28.7 Å². The van der Waals surface area contributed by atoms with E-state index in [1.807, 2.05) is 355 Å². The van der Waals surface area contributed by atoms with Gasteiger partial charge < -0.3 is 29.2 Å². The van der Waals surface area contributed by atoms with Gasteiger partial charge in [0.05, 0.1) is 99.7 Å². The van der Waals surface area contributed by atoms with Crippen molar-refractivity contribution in [2.24, 2.45) is 0 Å². The van der Waals surface area contributed by atoms with Gasteiger partial charge in [-0.25, -0.2) is 19.9 Å². The Morgan fingerprint density at radius 3 is 0.819 bits per heavy atom. The van der Waals surface area contributed by atoms with Crippen molar-refractivity contribution in [3.05, 3.63) is 534 Å². The Morgan fingerprint density at radius 1 is 0.262 bits per heavy atom. The Labute approximate surface area is 859 Å². The number of phenolic OH excluding ortho intramolecular Hbond substituents is 2. The number of nitro groups is 1. The highest BCUT2D eigenvalue weighted by molar-refractivity contribution is 5.85. The van der Waals surface area contributed by atoms with Gasteiger partial charge in [0.25, 0.3) is 22.2 Å². The molecule has 0 unspecified atom stereocenters. The van der Waals surface area contributed by atoms with E-state index in [9.17, 15) is 39.5 Å². The maximum absolute atomic E-state index is 13.7. The summed E-state index contributed by atoms with van der Waals surface area (Å²) in [5, 5.41) is 33.0. The summed E-state index contributed by atoms with van der Waals surface area (Å²) in [6.45, 7) is 7.83. The molecule has 20 aromatic rings. The van der Waals surface area contributed by atoms with Crippen LogP contribution in [0.3, 0.4) is 0 Å². The number of phenols is 2. The van der Waals surface area contributed by atoms with Crippen molar-refractivity contribution in [1.82, 2.24) is 38.2 Å². The number of aromatic nitrogens is 8. The van der Waals surface area contributed by atoms with Gasteiger partial charge in [-0.15, -0.1) is 0 Å². The maximum Gasteiger partial charge on any atom is 0.311 e. The predicted molar refractivity (Wildman–Crippen MR) is 596 cm³/mol. The number of aromatic hydroxyl groups is 2. The summed E-state index contributed by atoms with van der Waals surface area (Å²) < 4.78 is 27.7. The zero-order chi connectivity index (χ0) is 104. The molecule has 0 atom stereocenters. The van der Waals surface area contributed by atoms with E-state index in [4.69, 9.17) is 38.9 Å². The Balaban J connectivity index is 0.000000135. The van der Waals surface area contributed by atoms with Crippen molar-refractivity contribution in [2.45, 2.75) is 27.7 Å². The van der Waals surface area contributed by atoms with E-state index >= 15 is 0 Å². The molecule has 0 radical (unpaired) electrons. The number of hydrogen-bond donors (Lipinski definition) is 2. The molecule has 0 bridgehead atoms. The summed E-state index contributed by atoms with van der Waals surface area (Å²) in [5.41, 5.74) is 18.3. The SMILES string of the molecule is COc1cc(/C=C/c2nc3ccccc3c(=O)n2-c2ccc(C#Cc3ccccc3)cc2C)ccc1O.COc1ccc(/C=C/c2nc3ccccc3c(=O)n2-c2ccc(C#Cc3ccccc3)cc2C)cc1.COc1ccc(/C=C/c2nc3ccccc3c(=O)n2-c2ccc(C#Cc3ccccc3)cc2C)cc1OC.Cc1cc(C#Cc2ccccc2)ccc1-n1c(/C=C/c2ccc(O)c([N+](=O)[O-])c2)nc2ccccc2c1=O. The third-order valence-electron chi connectivity index (χ3n) is 24.1. The molecule has 0 saturated carbocycles. The smallest absolute Gasteiger partial charge is 0.311 e. The lowest BCUT2D eigenvalue weighted by atomic mass is 10.1. The number of methoxy groups -OCH3 is 4.